The number of carbonyl (C=O) groups is 1. The van der Waals surface area contributed by atoms with Crippen LogP contribution in [-0.2, 0) is 0 Å². The maximum atomic E-state index is 12.6. The summed E-state index contributed by atoms with van der Waals surface area (Å²) in [5, 5.41) is 0. The molecule has 0 fully saturated rings. The van der Waals surface area contributed by atoms with E-state index in [0.717, 1.165) is 0 Å². The van der Waals surface area contributed by atoms with Gasteiger partial charge < -0.3 is 0 Å². The first-order valence-electron chi connectivity index (χ1n) is 7.33. The first kappa shape index (κ1) is 5.61. The van der Waals surface area contributed by atoms with Gasteiger partial charge in [0.15, 0.2) is 5.78 Å². The van der Waals surface area contributed by atoms with Crippen LogP contribution < -0.4 is 0 Å². The summed E-state index contributed by atoms with van der Waals surface area (Å²) < 4.78 is 47.9. The zero-order valence-electron chi connectivity index (χ0n) is 13.7. The van der Waals surface area contributed by atoms with Crippen molar-refractivity contribution in [2.45, 2.75) is 0 Å². The summed E-state index contributed by atoms with van der Waals surface area (Å²) in [7, 11) is 0. The highest BCUT2D eigenvalue weighted by atomic mass is 79.9. The van der Waals surface area contributed by atoms with Crippen LogP contribution in [0.2, 0.25) is 0 Å². The fourth-order valence-corrected chi connectivity index (χ4v) is 2.20. The fraction of sp³-hybridized carbons (Fsp3) is 0. The Labute approximate surface area is 118 Å². The van der Waals surface area contributed by atoms with Crippen molar-refractivity contribution in [3.8, 4) is 11.1 Å². The van der Waals surface area contributed by atoms with E-state index >= 15 is 0 Å². The third kappa shape index (κ3) is 1.39. The topological polar surface area (TPSA) is 17.1 Å². The minimum atomic E-state index is -0.622. The van der Waals surface area contributed by atoms with Crippen LogP contribution in [0.3, 0.4) is 0 Å². The predicted molar refractivity (Wildman–Crippen MR) is 70.7 cm³/mol. The van der Waals surface area contributed by atoms with E-state index in [0.29, 0.717) is 0 Å². The first-order valence-corrected chi connectivity index (χ1v) is 5.92. The highest BCUT2D eigenvalue weighted by Crippen LogP contribution is 2.38. The number of hydrogen-bond donors (Lipinski definition) is 0. The minimum absolute atomic E-state index is 0.00213. The molecule has 0 unspecified atom stereocenters. The van der Waals surface area contributed by atoms with Gasteiger partial charge in [0.2, 0.25) is 0 Å². The van der Waals surface area contributed by atoms with Crippen LogP contribution in [0.5, 0.6) is 0 Å². The number of halogens is 2. The molecule has 0 saturated carbocycles. The van der Waals surface area contributed by atoms with Gasteiger partial charge in [-0.2, -0.15) is 0 Å². The van der Waals surface area contributed by atoms with E-state index in [1.165, 1.54) is 0 Å². The lowest BCUT2D eigenvalue weighted by Gasteiger charge is -1.99. The van der Waals surface area contributed by atoms with Crippen molar-refractivity contribution >= 4 is 37.6 Å². The second-order valence-electron chi connectivity index (χ2n) is 3.21. The number of fused-ring (bicyclic) bond motifs is 3. The standard InChI is InChI=1S/C13H6Br2O/c14-7-1-3-9-10-4-2-8(15)6-12(10)13(16)11(9)5-7/h1-6H/i1D,2D,3D,4D,5D,6D. The van der Waals surface area contributed by atoms with Crippen molar-refractivity contribution in [2.75, 3.05) is 0 Å². The SMILES string of the molecule is [2H]c1c([2H])c2c(c([2H])c1Br)C(=O)c1c([2H])c(Br)c([2H])c([2H])c1-2. The van der Waals surface area contributed by atoms with E-state index in [4.69, 9.17) is 8.22 Å². The second kappa shape index (κ2) is 3.54. The normalized spacial score (nSPS) is 17.8. The van der Waals surface area contributed by atoms with E-state index in [-0.39, 0.29) is 67.5 Å². The van der Waals surface area contributed by atoms with E-state index in [9.17, 15) is 4.79 Å². The lowest BCUT2D eigenvalue weighted by molar-refractivity contribution is 0.104. The van der Waals surface area contributed by atoms with Gasteiger partial charge in [-0.1, -0.05) is 43.9 Å². The smallest absolute Gasteiger partial charge is 0.194 e. The third-order valence-corrected chi connectivity index (χ3v) is 3.06. The Balaban J connectivity index is 2.59. The average molecular weight is 344 g/mol. The Hall–Kier alpha value is -0.930. The van der Waals surface area contributed by atoms with Crippen LogP contribution in [0.1, 0.15) is 24.1 Å². The van der Waals surface area contributed by atoms with Gasteiger partial charge in [0, 0.05) is 20.1 Å². The maximum absolute atomic E-state index is 12.6. The van der Waals surface area contributed by atoms with Crippen LogP contribution in [0.25, 0.3) is 11.1 Å². The number of carbonyl (C=O) groups excluding carboxylic acids is 1. The molecular formula is C13H6Br2O. The molecule has 0 amide bonds. The highest BCUT2D eigenvalue weighted by Gasteiger charge is 2.26. The minimum Gasteiger partial charge on any atom is -0.289 e. The molecule has 2 aromatic rings. The van der Waals surface area contributed by atoms with Crippen molar-refractivity contribution in [1.29, 1.82) is 0 Å². The molecule has 0 saturated heterocycles. The second-order valence-corrected chi connectivity index (χ2v) is 4.79. The Morgan fingerprint density at radius 3 is 1.69 bits per heavy atom. The molecule has 2 aromatic carbocycles. The van der Waals surface area contributed by atoms with Gasteiger partial charge in [0.05, 0.1) is 8.22 Å². The molecule has 16 heavy (non-hydrogen) atoms. The summed E-state index contributed by atoms with van der Waals surface area (Å²) in [5.41, 5.74) is -0.194. The Morgan fingerprint density at radius 1 is 0.812 bits per heavy atom. The lowest BCUT2D eigenvalue weighted by atomic mass is 10.1. The Kier molecular flexibility index (Phi) is 1.24. The molecule has 0 atom stereocenters. The Bertz CT molecular complexity index is 822. The largest absolute Gasteiger partial charge is 0.289 e. The van der Waals surface area contributed by atoms with Crippen LogP contribution in [0.15, 0.2) is 45.2 Å². The number of hydrogen-bond acceptors (Lipinski definition) is 1. The Morgan fingerprint density at radius 2 is 1.25 bits per heavy atom. The molecule has 0 N–H and O–H groups in total. The van der Waals surface area contributed by atoms with Gasteiger partial charge >= 0.3 is 0 Å². The highest BCUT2D eigenvalue weighted by molar-refractivity contribution is 9.10. The quantitative estimate of drug-likeness (QED) is 0.590. The fourth-order valence-electron chi connectivity index (χ4n) is 1.61. The summed E-state index contributed by atoms with van der Waals surface area (Å²) in [4.78, 5) is 12.6. The van der Waals surface area contributed by atoms with Crippen LogP contribution in [0, 0.1) is 0 Å². The molecule has 0 aromatic heterocycles. The van der Waals surface area contributed by atoms with Gasteiger partial charge in [-0.3, -0.25) is 4.79 Å². The maximum Gasteiger partial charge on any atom is 0.194 e. The number of benzene rings is 2. The van der Waals surface area contributed by atoms with Gasteiger partial charge in [-0.15, -0.1) is 0 Å². The molecule has 1 aliphatic rings. The number of ketones is 1. The van der Waals surface area contributed by atoms with Crippen molar-refractivity contribution in [3.63, 3.8) is 0 Å². The summed E-state index contributed by atoms with van der Waals surface area (Å²) >= 11 is 6.07. The summed E-state index contributed by atoms with van der Waals surface area (Å²) in [6, 6.07) is -1.58. The van der Waals surface area contributed by atoms with Crippen molar-refractivity contribution in [1.82, 2.24) is 0 Å². The molecule has 3 heteroatoms. The van der Waals surface area contributed by atoms with Crippen molar-refractivity contribution in [3.05, 3.63) is 56.3 Å². The van der Waals surface area contributed by atoms with Crippen molar-refractivity contribution in [2.24, 2.45) is 0 Å². The predicted octanol–water partition coefficient (Wildman–Crippen LogP) is 4.42. The summed E-state index contributed by atoms with van der Waals surface area (Å²) in [5.74, 6) is -0.622. The third-order valence-electron chi connectivity index (χ3n) is 2.27. The zero-order chi connectivity index (χ0) is 16.5. The van der Waals surface area contributed by atoms with E-state index in [1.54, 1.807) is 0 Å². The van der Waals surface area contributed by atoms with Crippen LogP contribution in [-0.4, -0.2) is 5.78 Å². The molecule has 1 nitrogen and oxygen atoms in total. The van der Waals surface area contributed by atoms with E-state index in [1.807, 2.05) is 0 Å². The lowest BCUT2D eigenvalue weighted by Crippen LogP contribution is -1.94. The van der Waals surface area contributed by atoms with Crippen LogP contribution >= 0.6 is 31.9 Å². The summed E-state index contributed by atoms with van der Waals surface area (Å²) in [6.07, 6.45) is 0. The molecule has 0 heterocycles. The molecule has 0 spiro atoms. The zero-order valence-corrected chi connectivity index (χ0v) is 10.8. The average Bonchev–Trinajstić information content (AvgIpc) is 2.80. The monoisotopic (exact) mass is 342 g/mol. The van der Waals surface area contributed by atoms with Gasteiger partial charge in [0.1, 0.15) is 0 Å². The van der Waals surface area contributed by atoms with Gasteiger partial charge in [-0.05, 0) is 35.3 Å². The van der Waals surface area contributed by atoms with Gasteiger partial charge in [-0.25, -0.2) is 0 Å². The van der Waals surface area contributed by atoms with Crippen LogP contribution in [0.4, 0.5) is 0 Å². The molecule has 3 rings (SSSR count). The van der Waals surface area contributed by atoms with E-state index < -0.39 is 5.78 Å². The molecule has 0 bridgehead atoms. The van der Waals surface area contributed by atoms with Crippen molar-refractivity contribution < 1.29 is 13.0 Å². The molecule has 78 valence electrons. The molecule has 1 aliphatic carbocycles. The van der Waals surface area contributed by atoms with E-state index in [2.05, 4.69) is 31.9 Å². The first-order chi connectivity index (χ1) is 10.2. The summed E-state index contributed by atoms with van der Waals surface area (Å²) in [6.45, 7) is 0. The van der Waals surface area contributed by atoms with Gasteiger partial charge in [0.25, 0.3) is 0 Å². The molecule has 0 aliphatic heterocycles. The number of rotatable bonds is 0. The molecular weight excluding hydrogens is 332 g/mol. The molecule has 0 radical (unpaired) electrons.